The quantitative estimate of drug-likeness (QED) is 0.648. The second-order valence-corrected chi connectivity index (χ2v) is 4.81. The molecule has 19 heavy (non-hydrogen) atoms. The lowest BCUT2D eigenvalue weighted by molar-refractivity contribution is 0.584. The number of halogens is 4. The van der Waals surface area contributed by atoms with Crippen LogP contribution in [0.3, 0.4) is 0 Å². The molecule has 6 heteroatoms. The first-order valence-corrected chi connectivity index (χ1v) is 6.26. The minimum Gasteiger partial charge on any atom is -0.363 e. The molecule has 1 heterocycles. The van der Waals surface area contributed by atoms with Gasteiger partial charge >= 0.3 is 0 Å². The fourth-order valence-corrected chi connectivity index (χ4v) is 2.20. The Morgan fingerprint density at radius 2 is 1.89 bits per heavy atom. The first-order chi connectivity index (χ1) is 8.97. The molecule has 0 fully saturated rings. The van der Waals surface area contributed by atoms with Crippen molar-refractivity contribution in [2.24, 2.45) is 0 Å². The van der Waals surface area contributed by atoms with Gasteiger partial charge in [0.15, 0.2) is 0 Å². The number of benzene rings is 1. The molecule has 0 aliphatic carbocycles. The molecule has 2 aromatic rings. The van der Waals surface area contributed by atoms with Crippen molar-refractivity contribution < 1.29 is 8.78 Å². The molecule has 100 valence electrons. The summed E-state index contributed by atoms with van der Waals surface area (Å²) < 4.78 is 26.4. The van der Waals surface area contributed by atoms with Gasteiger partial charge in [0.05, 0.1) is 11.1 Å². The third kappa shape index (κ3) is 3.33. The topological polar surface area (TPSA) is 24.9 Å². The van der Waals surface area contributed by atoms with Crippen LogP contribution in [-0.2, 0) is 0 Å². The summed E-state index contributed by atoms with van der Waals surface area (Å²) in [5, 5.41) is 3.24. The summed E-state index contributed by atoms with van der Waals surface area (Å²) in [6.07, 6.45) is 0. The summed E-state index contributed by atoms with van der Waals surface area (Å²) in [5.74, 6) is -0.800. The van der Waals surface area contributed by atoms with E-state index in [9.17, 15) is 8.78 Å². The number of pyridine rings is 1. The maximum atomic E-state index is 13.4. The summed E-state index contributed by atoms with van der Waals surface area (Å²) in [6, 6.07) is 6.63. The number of hydrogen-bond acceptors (Lipinski definition) is 2. The monoisotopic (exact) mass is 302 g/mol. The Labute approximate surface area is 119 Å². The minimum atomic E-state index is -0.592. The molecule has 2 nitrogen and oxygen atoms in total. The Morgan fingerprint density at radius 3 is 2.58 bits per heavy atom. The van der Waals surface area contributed by atoms with Crippen molar-refractivity contribution in [3.63, 3.8) is 0 Å². The second-order valence-electron chi connectivity index (χ2n) is 4.00. The highest BCUT2D eigenvalue weighted by Gasteiger charge is 2.14. The lowest BCUT2D eigenvalue weighted by Crippen LogP contribution is -2.09. The molecule has 1 unspecified atom stereocenters. The predicted octanol–water partition coefficient (Wildman–Crippen LogP) is 4.84. The molecule has 0 aliphatic heterocycles. The smallest absolute Gasteiger partial charge is 0.214 e. The second kappa shape index (κ2) is 5.72. The number of aromatic nitrogens is 1. The molecule has 0 aliphatic rings. The largest absolute Gasteiger partial charge is 0.363 e. The third-order valence-corrected chi connectivity index (χ3v) is 3.20. The predicted molar refractivity (Wildman–Crippen MR) is 72.7 cm³/mol. The van der Waals surface area contributed by atoms with Gasteiger partial charge in [-0.25, -0.2) is 9.37 Å². The van der Waals surface area contributed by atoms with Gasteiger partial charge in [-0.2, -0.15) is 4.39 Å². The van der Waals surface area contributed by atoms with Crippen molar-refractivity contribution in [3.8, 4) is 0 Å². The van der Waals surface area contributed by atoms with Crippen LogP contribution in [0.1, 0.15) is 18.5 Å². The van der Waals surface area contributed by atoms with Gasteiger partial charge in [-0.1, -0.05) is 29.3 Å². The zero-order valence-corrected chi connectivity index (χ0v) is 11.4. The van der Waals surface area contributed by atoms with Gasteiger partial charge in [-0.15, -0.1) is 0 Å². The Morgan fingerprint density at radius 1 is 1.16 bits per heavy atom. The molecule has 2 rings (SSSR count). The van der Waals surface area contributed by atoms with Crippen molar-refractivity contribution in [1.82, 2.24) is 4.98 Å². The Bertz CT molecular complexity index is 605. The highest BCUT2D eigenvalue weighted by Crippen LogP contribution is 2.30. The number of anilines is 1. The van der Waals surface area contributed by atoms with Gasteiger partial charge in [0.2, 0.25) is 5.95 Å². The molecule has 1 N–H and O–H groups in total. The van der Waals surface area contributed by atoms with E-state index in [1.165, 1.54) is 24.3 Å². The van der Waals surface area contributed by atoms with E-state index in [4.69, 9.17) is 23.2 Å². The molecule has 0 radical (unpaired) electrons. The van der Waals surface area contributed by atoms with Gasteiger partial charge in [0.25, 0.3) is 0 Å². The molecule has 1 aromatic carbocycles. The zero-order chi connectivity index (χ0) is 14.0. The van der Waals surface area contributed by atoms with Gasteiger partial charge in [-0.3, -0.25) is 0 Å². The maximum Gasteiger partial charge on any atom is 0.214 e. The van der Waals surface area contributed by atoms with Crippen LogP contribution in [0.5, 0.6) is 0 Å². The van der Waals surface area contributed by atoms with Crippen LogP contribution in [0.2, 0.25) is 10.0 Å². The third-order valence-electron chi connectivity index (χ3n) is 2.59. The van der Waals surface area contributed by atoms with E-state index in [-0.39, 0.29) is 11.1 Å². The normalized spacial score (nSPS) is 12.3. The first kappa shape index (κ1) is 14.0. The molecular weight excluding hydrogens is 293 g/mol. The number of nitrogens with one attached hydrogen (secondary N) is 1. The minimum absolute atomic E-state index is 0.0372. The molecule has 1 aromatic heterocycles. The Kier molecular flexibility index (Phi) is 4.22. The molecule has 0 amide bonds. The van der Waals surface area contributed by atoms with E-state index in [1.54, 1.807) is 13.0 Å². The summed E-state index contributed by atoms with van der Waals surface area (Å²) in [4.78, 5) is 3.67. The Balaban J connectivity index is 2.25. The van der Waals surface area contributed by atoms with Crippen LogP contribution < -0.4 is 5.32 Å². The van der Waals surface area contributed by atoms with Crippen molar-refractivity contribution in [1.29, 1.82) is 0 Å². The molecule has 1 atom stereocenters. The number of hydrogen-bond donors (Lipinski definition) is 1. The maximum absolute atomic E-state index is 13.4. The van der Waals surface area contributed by atoms with Crippen LogP contribution in [0.15, 0.2) is 30.3 Å². The van der Waals surface area contributed by atoms with E-state index in [2.05, 4.69) is 10.3 Å². The van der Waals surface area contributed by atoms with E-state index in [0.717, 1.165) is 0 Å². The van der Waals surface area contributed by atoms with Crippen LogP contribution in [0.4, 0.5) is 14.6 Å². The van der Waals surface area contributed by atoms with Crippen molar-refractivity contribution >= 4 is 29.0 Å². The van der Waals surface area contributed by atoms with Crippen molar-refractivity contribution in [2.45, 2.75) is 13.0 Å². The van der Waals surface area contributed by atoms with Crippen LogP contribution in [-0.4, -0.2) is 4.98 Å². The lowest BCUT2D eigenvalue weighted by atomic mass is 10.1. The van der Waals surface area contributed by atoms with E-state index >= 15 is 0 Å². The molecule has 0 saturated carbocycles. The average Bonchev–Trinajstić information content (AvgIpc) is 2.33. The SMILES string of the molecule is CC(Nc1cccc(F)n1)c1cc(F)c(Cl)cc1Cl. The van der Waals surface area contributed by atoms with Crippen molar-refractivity contribution in [3.05, 3.63) is 57.7 Å². The fraction of sp³-hybridized carbons (Fsp3) is 0.154. The lowest BCUT2D eigenvalue weighted by Gasteiger charge is -2.16. The van der Waals surface area contributed by atoms with E-state index in [0.29, 0.717) is 16.4 Å². The van der Waals surface area contributed by atoms with Gasteiger partial charge < -0.3 is 5.32 Å². The van der Waals surface area contributed by atoms with E-state index < -0.39 is 11.8 Å². The van der Waals surface area contributed by atoms with Gasteiger partial charge in [-0.05, 0) is 36.8 Å². The van der Waals surface area contributed by atoms with Gasteiger partial charge in [0.1, 0.15) is 11.6 Å². The summed E-state index contributed by atoms with van der Waals surface area (Å²) in [5.41, 5.74) is 0.523. The summed E-state index contributed by atoms with van der Waals surface area (Å²) in [7, 11) is 0. The van der Waals surface area contributed by atoms with E-state index in [1.807, 2.05) is 0 Å². The Hall–Kier alpha value is -1.39. The van der Waals surface area contributed by atoms with Crippen LogP contribution in [0.25, 0.3) is 0 Å². The fourth-order valence-electron chi connectivity index (χ4n) is 1.66. The highest BCUT2D eigenvalue weighted by atomic mass is 35.5. The molecule has 0 saturated heterocycles. The van der Waals surface area contributed by atoms with Crippen LogP contribution in [0, 0.1) is 11.8 Å². The average molecular weight is 303 g/mol. The number of rotatable bonds is 3. The summed E-state index contributed by atoms with van der Waals surface area (Å²) >= 11 is 11.6. The van der Waals surface area contributed by atoms with Gasteiger partial charge in [0, 0.05) is 5.02 Å². The summed E-state index contributed by atoms with van der Waals surface area (Å²) in [6.45, 7) is 1.77. The molecular formula is C13H10Cl2F2N2. The highest BCUT2D eigenvalue weighted by molar-refractivity contribution is 6.35. The molecule has 0 spiro atoms. The van der Waals surface area contributed by atoms with Crippen molar-refractivity contribution in [2.75, 3.05) is 5.32 Å². The number of nitrogens with zero attached hydrogens (tertiary/aromatic N) is 1. The first-order valence-electron chi connectivity index (χ1n) is 5.51. The zero-order valence-electron chi connectivity index (χ0n) is 9.92. The standard InChI is InChI=1S/C13H10Cl2F2N2/c1-7(18-13-4-2-3-12(17)19-13)8-5-11(16)10(15)6-9(8)14/h2-7H,1H3,(H,18,19). The van der Waals surface area contributed by atoms with Crippen LogP contribution >= 0.6 is 23.2 Å². The molecule has 0 bridgehead atoms.